The summed E-state index contributed by atoms with van der Waals surface area (Å²) in [6.45, 7) is 0.788. The van der Waals surface area contributed by atoms with Crippen LogP contribution in [0.15, 0.2) is 78.9 Å². The highest BCUT2D eigenvalue weighted by atomic mass is 19.1. The number of nitrogens with one attached hydrogen (secondary N) is 1. The van der Waals surface area contributed by atoms with Crippen LogP contribution in [0.4, 0.5) is 19.7 Å². The van der Waals surface area contributed by atoms with Crippen molar-refractivity contribution in [1.82, 2.24) is 14.7 Å². The van der Waals surface area contributed by atoms with Crippen molar-refractivity contribution >= 4 is 23.7 Å². The van der Waals surface area contributed by atoms with Gasteiger partial charge >= 0.3 is 12.1 Å². The second kappa shape index (κ2) is 8.78. The molecule has 3 aliphatic rings. The first kappa shape index (κ1) is 22.3. The van der Waals surface area contributed by atoms with Crippen LogP contribution in [0.3, 0.4) is 0 Å². The van der Waals surface area contributed by atoms with Crippen LogP contribution >= 0.6 is 0 Å². The molecule has 3 aromatic rings. The smallest absolute Gasteiger partial charge is 0.320 e. The summed E-state index contributed by atoms with van der Waals surface area (Å²) in [7, 11) is 0. The zero-order valence-corrected chi connectivity index (χ0v) is 19.5. The molecule has 3 atom stereocenters. The van der Waals surface area contributed by atoms with Crippen LogP contribution in [0, 0.1) is 5.82 Å². The van der Waals surface area contributed by atoms with Gasteiger partial charge in [-0.2, -0.15) is 0 Å². The maximum atomic E-state index is 13.3. The predicted molar refractivity (Wildman–Crippen MR) is 133 cm³/mol. The van der Waals surface area contributed by atoms with E-state index in [0.717, 1.165) is 16.7 Å². The van der Waals surface area contributed by atoms with Crippen molar-refractivity contribution in [2.45, 2.75) is 24.4 Å². The molecule has 3 fully saturated rings. The number of rotatable bonds is 4. The zero-order chi connectivity index (χ0) is 24.8. The number of benzene rings is 3. The van der Waals surface area contributed by atoms with Gasteiger partial charge in [0.05, 0.1) is 12.2 Å². The third kappa shape index (κ3) is 3.88. The van der Waals surface area contributed by atoms with Crippen LogP contribution in [0.25, 0.3) is 11.1 Å². The number of amides is 5. The van der Waals surface area contributed by atoms with Crippen molar-refractivity contribution in [2.75, 3.05) is 25.0 Å². The Morgan fingerprint density at radius 1 is 0.889 bits per heavy atom. The molecule has 0 aromatic heterocycles. The lowest BCUT2D eigenvalue weighted by molar-refractivity contribution is -0.129. The van der Waals surface area contributed by atoms with Gasteiger partial charge in [0, 0.05) is 30.6 Å². The molecule has 1 N–H and O–H groups in total. The molecule has 1 aliphatic carbocycles. The number of piperazine rings is 1. The molecule has 0 radical (unpaired) electrons. The highest BCUT2D eigenvalue weighted by Crippen LogP contribution is 2.47. The number of hydrogen-bond donors (Lipinski definition) is 1. The number of carbonyl (C=O) groups excluding carboxylic acids is 3. The molecule has 2 saturated heterocycles. The van der Waals surface area contributed by atoms with E-state index in [9.17, 15) is 18.8 Å². The summed E-state index contributed by atoms with van der Waals surface area (Å²) in [4.78, 5) is 44.1. The van der Waals surface area contributed by atoms with E-state index in [4.69, 9.17) is 0 Å². The highest BCUT2D eigenvalue weighted by Gasteiger charge is 2.56. The Morgan fingerprint density at radius 3 is 2.39 bits per heavy atom. The minimum Gasteiger partial charge on any atom is -0.320 e. The van der Waals surface area contributed by atoms with Gasteiger partial charge in [0.25, 0.3) is 5.91 Å². The molecule has 182 valence electrons. The SMILES string of the molecule is O=C(Nc1ccccc1-c1ccccc1)N1CCN2C(=O)N([C@@H]3C[C@H]3c3ccc(F)cc3)C(=O)C2C1. The summed E-state index contributed by atoms with van der Waals surface area (Å²) in [5, 5.41) is 2.99. The Kier molecular flexibility index (Phi) is 5.44. The molecule has 7 nitrogen and oxygen atoms in total. The van der Waals surface area contributed by atoms with Gasteiger partial charge in [-0.3, -0.25) is 9.69 Å². The van der Waals surface area contributed by atoms with Gasteiger partial charge in [-0.05, 0) is 35.7 Å². The number of fused-ring (bicyclic) bond motifs is 1. The molecule has 36 heavy (non-hydrogen) atoms. The maximum absolute atomic E-state index is 13.3. The largest absolute Gasteiger partial charge is 0.327 e. The lowest BCUT2D eigenvalue weighted by atomic mass is 10.0. The molecule has 5 amide bonds. The third-order valence-corrected chi connectivity index (χ3v) is 7.28. The monoisotopic (exact) mass is 484 g/mol. The standard InChI is InChI=1S/C28H25FN4O3/c29-20-12-10-19(11-13-20)22-16-24(22)33-26(34)25-17-31(14-15-32(25)28(33)36)27(35)30-23-9-5-4-8-21(23)18-6-2-1-3-7-18/h1-13,22,24-25H,14-17H2,(H,30,35)/t22-,24+,25?/m0/s1. The zero-order valence-electron chi connectivity index (χ0n) is 19.5. The Labute approximate surface area is 208 Å². The highest BCUT2D eigenvalue weighted by molar-refractivity contribution is 6.06. The van der Waals surface area contributed by atoms with Crippen LogP contribution in [0.1, 0.15) is 17.9 Å². The Hall–Kier alpha value is -4.20. The van der Waals surface area contributed by atoms with Gasteiger partial charge in [0.15, 0.2) is 0 Å². The second-order valence-electron chi connectivity index (χ2n) is 9.45. The van der Waals surface area contributed by atoms with Crippen molar-refractivity contribution in [3.8, 4) is 11.1 Å². The van der Waals surface area contributed by atoms with Gasteiger partial charge < -0.3 is 15.1 Å². The molecule has 3 aromatic carbocycles. The Bertz CT molecular complexity index is 1330. The fourth-order valence-electron chi connectivity index (χ4n) is 5.30. The molecule has 6 rings (SSSR count). The average Bonchev–Trinajstić information content (AvgIpc) is 3.65. The van der Waals surface area contributed by atoms with Crippen LogP contribution in [-0.2, 0) is 4.79 Å². The lowest BCUT2D eigenvalue weighted by Crippen LogP contribution is -2.55. The quantitative estimate of drug-likeness (QED) is 0.553. The first-order valence-electron chi connectivity index (χ1n) is 12.1. The normalized spacial score (nSPS) is 23.0. The number of para-hydroxylation sites is 1. The van der Waals surface area contributed by atoms with E-state index in [2.05, 4.69) is 5.32 Å². The van der Waals surface area contributed by atoms with Crippen molar-refractivity contribution < 1.29 is 18.8 Å². The van der Waals surface area contributed by atoms with Gasteiger partial charge in [-0.25, -0.2) is 14.0 Å². The van der Waals surface area contributed by atoms with E-state index in [1.54, 1.807) is 21.9 Å². The molecule has 2 aliphatic heterocycles. The topological polar surface area (TPSA) is 73.0 Å². The number of halogens is 1. The summed E-state index contributed by atoms with van der Waals surface area (Å²) < 4.78 is 13.3. The van der Waals surface area contributed by atoms with E-state index >= 15 is 0 Å². The minimum atomic E-state index is -0.684. The molecule has 0 bridgehead atoms. The summed E-state index contributed by atoms with van der Waals surface area (Å²) >= 11 is 0. The van der Waals surface area contributed by atoms with Gasteiger partial charge in [-0.1, -0.05) is 60.7 Å². The number of urea groups is 2. The summed E-state index contributed by atoms with van der Waals surface area (Å²) in [5.74, 6) is -0.559. The van der Waals surface area contributed by atoms with E-state index < -0.39 is 6.04 Å². The molecule has 1 saturated carbocycles. The van der Waals surface area contributed by atoms with Crippen molar-refractivity contribution in [3.05, 3.63) is 90.2 Å². The second-order valence-corrected chi connectivity index (χ2v) is 9.45. The number of nitrogens with zero attached hydrogens (tertiary/aromatic N) is 3. The summed E-state index contributed by atoms with van der Waals surface area (Å²) in [6.07, 6.45) is 0.671. The molecule has 0 spiro atoms. The summed E-state index contributed by atoms with van der Waals surface area (Å²) in [5.41, 5.74) is 3.51. The first-order chi connectivity index (χ1) is 17.5. The van der Waals surface area contributed by atoms with Gasteiger partial charge in [-0.15, -0.1) is 0 Å². The fourth-order valence-corrected chi connectivity index (χ4v) is 5.30. The number of imide groups is 1. The van der Waals surface area contributed by atoms with Crippen molar-refractivity contribution in [3.63, 3.8) is 0 Å². The van der Waals surface area contributed by atoms with E-state index in [0.29, 0.717) is 25.2 Å². The lowest BCUT2D eigenvalue weighted by Gasteiger charge is -2.35. The third-order valence-electron chi connectivity index (χ3n) is 7.28. The van der Waals surface area contributed by atoms with Crippen LogP contribution in [0.5, 0.6) is 0 Å². The van der Waals surface area contributed by atoms with E-state index in [1.165, 1.54) is 17.0 Å². The van der Waals surface area contributed by atoms with Gasteiger partial charge in [0.2, 0.25) is 0 Å². The van der Waals surface area contributed by atoms with Crippen LogP contribution in [-0.4, -0.2) is 64.4 Å². The molecule has 1 unspecified atom stereocenters. The molecule has 8 heteroatoms. The van der Waals surface area contributed by atoms with E-state index in [1.807, 2.05) is 54.6 Å². The van der Waals surface area contributed by atoms with Crippen LogP contribution < -0.4 is 5.32 Å². The van der Waals surface area contributed by atoms with E-state index in [-0.39, 0.29) is 42.3 Å². The van der Waals surface area contributed by atoms with Crippen LogP contribution in [0.2, 0.25) is 0 Å². The minimum absolute atomic E-state index is 0.0220. The molecule has 2 heterocycles. The maximum Gasteiger partial charge on any atom is 0.327 e. The molecular formula is C28H25FN4O3. The van der Waals surface area contributed by atoms with Crippen molar-refractivity contribution in [2.24, 2.45) is 0 Å². The summed E-state index contributed by atoms with van der Waals surface area (Å²) in [6, 6.07) is 22.1. The van der Waals surface area contributed by atoms with Crippen molar-refractivity contribution in [1.29, 1.82) is 0 Å². The Morgan fingerprint density at radius 2 is 1.61 bits per heavy atom. The molecular weight excluding hydrogens is 459 g/mol. The average molecular weight is 485 g/mol. The number of anilines is 1. The number of hydrogen-bond acceptors (Lipinski definition) is 3. The predicted octanol–water partition coefficient (Wildman–Crippen LogP) is 4.53. The first-order valence-corrected chi connectivity index (χ1v) is 12.1. The fraction of sp³-hybridized carbons (Fsp3) is 0.250. The number of carbonyl (C=O) groups is 3. The Balaban J connectivity index is 1.14. The van der Waals surface area contributed by atoms with Gasteiger partial charge in [0.1, 0.15) is 11.9 Å².